The van der Waals surface area contributed by atoms with Crippen LogP contribution in [0.3, 0.4) is 0 Å². The van der Waals surface area contributed by atoms with Crippen molar-refractivity contribution >= 4 is 5.82 Å². The zero-order chi connectivity index (χ0) is 11.8. The van der Waals surface area contributed by atoms with Gasteiger partial charge in [0, 0.05) is 0 Å². The molecule has 0 N–H and O–H groups in total. The Morgan fingerprint density at radius 1 is 1.53 bits per heavy atom. The van der Waals surface area contributed by atoms with Gasteiger partial charge in [-0.25, -0.2) is 0 Å². The molecule has 0 bridgehead atoms. The van der Waals surface area contributed by atoms with Gasteiger partial charge in [0.1, 0.15) is 6.04 Å². The quantitative estimate of drug-likeness (QED) is 0.571. The summed E-state index contributed by atoms with van der Waals surface area (Å²) in [6.07, 6.45) is -4.66. The third-order valence-corrected chi connectivity index (χ3v) is 1.68. The van der Waals surface area contributed by atoms with Gasteiger partial charge in [-0.2, -0.15) is 13.2 Å². The van der Waals surface area contributed by atoms with E-state index in [4.69, 9.17) is 0 Å². The van der Waals surface area contributed by atoms with Crippen LogP contribution >= 0.6 is 0 Å². The Kier molecular flexibility index (Phi) is 2.69. The van der Waals surface area contributed by atoms with Crippen molar-refractivity contribution in [3.05, 3.63) is 21.9 Å². The number of halogens is 3. The molecule has 1 rings (SSSR count). The van der Waals surface area contributed by atoms with Crippen molar-refractivity contribution in [3.63, 3.8) is 0 Å². The summed E-state index contributed by atoms with van der Waals surface area (Å²) in [5, 5.41) is 13.6. The summed E-state index contributed by atoms with van der Waals surface area (Å²) in [4.78, 5) is 9.56. The Hall–Kier alpha value is -1.60. The maximum Gasteiger partial charge on any atom is 0.437 e. The molecule has 0 aliphatic carbocycles. The van der Waals surface area contributed by atoms with Gasteiger partial charge in [0.05, 0.1) is 6.07 Å². The molecule has 0 atom stereocenters. The first kappa shape index (κ1) is 11.5. The van der Waals surface area contributed by atoms with E-state index in [1.54, 1.807) is 0 Å². The molecule has 84 valence electrons. The summed E-state index contributed by atoms with van der Waals surface area (Å²) in [7, 11) is 0. The van der Waals surface area contributed by atoms with Crippen LogP contribution in [-0.2, 0) is 6.18 Å². The molecule has 0 saturated heterocycles. The van der Waals surface area contributed by atoms with Crippen molar-refractivity contribution < 1.29 is 18.1 Å². The molecule has 0 unspecified atom stereocenters. The van der Waals surface area contributed by atoms with Gasteiger partial charge in [0.15, 0.2) is 5.69 Å². The van der Waals surface area contributed by atoms with E-state index in [2.05, 4.69) is 5.10 Å². The Balaban J connectivity index is 3.28. The largest absolute Gasteiger partial charge is 0.437 e. The highest BCUT2D eigenvalue weighted by molar-refractivity contribution is 5.25. The maximum atomic E-state index is 12.2. The van der Waals surface area contributed by atoms with Gasteiger partial charge in [-0.3, -0.25) is 0 Å². The highest BCUT2D eigenvalue weighted by atomic mass is 19.4. The van der Waals surface area contributed by atoms with Crippen molar-refractivity contribution in [1.29, 1.82) is 0 Å². The van der Waals surface area contributed by atoms with E-state index >= 15 is 0 Å². The lowest BCUT2D eigenvalue weighted by Gasteiger charge is -2.01. The molecule has 0 radical (unpaired) electrons. The van der Waals surface area contributed by atoms with Gasteiger partial charge >= 0.3 is 12.0 Å². The number of alkyl halides is 3. The van der Waals surface area contributed by atoms with Gasteiger partial charge < -0.3 is 10.1 Å². The second-order valence-electron chi connectivity index (χ2n) is 3.18. The SMILES string of the molecule is CC(C)n1nc(C(F)(F)F)cc1[N+](=O)[O-]. The maximum absolute atomic E-state index is 12.2. The lowest BCUT2D eigenvalue weighted by atomic mass is 10.4. The minimum atomic E-state index is -4.66. The normalized spacial score (nSPS) is 12.1. The molecule has 0 aliphatic heterocycles. The Labute approximate surface area is 82.6 Å². The van der Waals surface area contributed by atoms with Gasteiger partial charge in [-0.15, -0.1) is 4.68 Å². The highest BCUT2D eigenvalue weighted by Gasteiger charge is 2.38. The van der Waals surface area contributed by atoms with Crippen molar-refractivity contribution in [2.75, 3.05) is 0 Å². The minimum Gasteiger partial charge on any atom is -0.358 e. The minimum absolute atomic E-state index is 0.431. The van der Waals surface area contributed by atoms with Crippen LogP contribution in [0.15, 0.2) is 6.07 Å². The van der Waals surface area contributed by atoms with E-state index in [-0.39, 0.29) is 0 Å². The average Bonchev–Trinajstić information content (AvgIpc) is 2.45. The Morgan fingerprint density at radius 3 is 2.33 bits per heavy atom. The first-order valence-electron chi connectivity index (χ1n) is 4.04. The molecule has 0 fully saturated rings. The third-order valence-electron chi connectivity index (χ3n) is 1.68. The van der Waals surface area contributed by atoms with Crippen LogP contribution in [0.4, 0.5) is 19.0 Å². The summed E-state index contributed by atoms with van der Waals surface area (Å²) in [6, 6.07) is -0.0681. The zero-order valence-corrected chi connectivity index (χ0v) is 7.95. The van der Waals surface area contributed by atoms with Crippen LogP contribution in [-0.4, -0.2) is 14.7 Å². The van der Waals surface area contributed by atoms with Crippen LogP contribution in [0.2, 0.25) is 0 Å². The summed E-state index contributed by atoms with van der Waals surface area (Å²) in [6.45, 7) is 3.03. The fraction of sp³-hybridized carbons (Fsp3) is 0.571. The van der Waals surface area contributed by atoms with Gasteiger partial charge in [-0.05, 0) is 18.8 Å². The standard InChI is InChI=1S/C7H8F3N3O2/c1-4(2)12-6(13(14)15)3-5(11-12)7(8,9)10/h3-4H,1-2H3. The van der Waals surface area contributed by atoms with Crippen LogP contribution in [0, 0.1) is 10.1 Å². The van der Waals surface area contributed by atoms with E-state index in [0.717, 1.165) is 4.68 Å². The van der Waals surface area contributed by atoms with Gasteiger partial charge in [0.2, 0.25) is 0 Å². The molecule has 0 spiro atoms. The van der Waals surface area contributed by atoms with Crippen molar-refractivity contribution in [3.8, 4) is 0 Å². The van der Waals surface area contributed by atoms with E-state index in [1.165, 1.54) is 13.8 Å². The Bertz CT molecular complexity index is 383. The molecule has 0 amide bonds. The summed E-state index contributed by atoms with van der Waals surface area (Å²) >= 11 is 0. The van der Waals surface area contributed by atoms with Crippen LogP contribution < -0.4 is 0 Å². The number of hydrogen-bond acceptors (Lipinski definition) is 3. The molecule has 1 aromatic rings. The lowest BCUT2D eigenvalue weighted by Crippen LogP contribution is -2.10. The first-order valence-corrected chi connectivity index (χ1v) is 4.04. The average molecular weight is 223 g/mol. The molecular weight excluding hydrogens is 215 g/mol. The smallest absolute Gasteiger partial charge is 0.358 e. The molecule has 0 aliphatic rings. The molecule has 0 saturated carbocycles. The lowest BCUT2D eigenvalue weighted by molar-refractivity contribution is -0.393. The monoisotopic (exact) mass is 223 g/mol. The summed E-state index contributed by atoms with van der Waals surface area (Å²) < 4.78 is 37.4. The van der Waals surface area contributed by atoms with Crippen molar-refractivity contribution in [1.82, 2.24) is 9.78 Å². The van der Waals surface area contributed by atoms with Crippen LogP contribution in [0.5, 0.6) is 0 Å². The molecule has 15 heavy (non-hydrogen) atoms. The highest BCUT2D eigenvalue weighted by Crippen LogP contribution is 2.31. The van der Waals surface area contributed by atoms with Crippen molar-refractivity contribution in [2.24, 2.45) is 0 Å². The number of hydrogen-bond donors (Lipinski definition) is 0. The van der Waals surface area contributed by atoms with Crippen LogP contribution in [0.25, 0.3) is 0 Å². The van der Waals surface area contributed by atoms with Crippen LogP contribution in [0.1, 0.15) is 25.6 Å². The second-order valence-corrected chi connectivity index (χ2v) is 3.18. The fourth-order valence-corrected chi connectivity index (χ4v) is 1.04. The number of nitro groups is 1. The predicted octanol–water partition coefficient (Wildman–Crippen LogP) is 2.39. The zero-order valence-electron chi connectivity index (χ0n) is 7.95. The molecule has 1 aromatic heterocycles. The topological polar surface area (TPSA) is 61.0 Å². The fourth-order valence-electron chi connectivity index (χ4n) is 1.04. The molecule has 5 nitrogen and oxygen atoms in total. The van der Waals surface area contributed by atoms with E-state index in [1.807, 2.05) is 0 Å². The number of rotatable bonds is 2. The van der Waals surface area contributed by atoms with Crippen molar-refractivity contribution in [2.45, 2.75) is 26.1 Å². The summed E-state index contributed by atoms with van der Waals surface area (Å²) in [5.74, 6) is -0.655. The number of nitrogens with zero attached hydrogens (tertiary/aromatic N) is 3. The van der Waals surface area contributed by atoms with E-state index < -0.39 is 28.7 Å². The van der Waals surface area contributed by atoms with E-state index in [0.29, 0.717) is 6.07 Å². The third kappa shape index (κ3) is 2.25. The first-order chi connectivity index (χ1) is 6.73. The molecule has 0 aromatic carbocycles. The number of aromatic nitrogens is 2. The van der Waals surface area contributed by atoms with E-state index in [9.17, 15) is 23.3 Å². The molecule has 8 heteroatoms. The Morgan fingerprint density at radius 2 is 2.07 bits per heavy atom. The second kappa shape index (κ2) is 3.52. The molecular formula is C7H8F3N3O2. The summed E-state index contributed by atoms with van der Waals surface area (Å²) in [5.41, 5.74) is -1.25. The predicted molar refractivity (Wildman–Crippen MR) is 44.3 cm³/mol. The molecule has 1 heterocycles. The van der Waals surface area contributed by atoms with Gasteiger partial charge in [0.25, 0.3) is 0 Å². The van der Waals surface area contributed by atoms with Gasteiger partial charge in [-0.1, -0.05) is 5.10 Å².